The van der Waals surface area contributed by atoms with Gasteiger partial charge in [-0.3, -0.25) is 4.98 Å². The SMILES string of the molecule is Cc1cccc(CNc2cc(N)nc(C)n2)n1. The third-order valence-electron chi connectivity index (χ3n) is 2.25. The number of hydrogen-bond acceptors (Lipinski definition) is 5. The summed E-state index contributed by atoms with van der Waals surface area (Å²) in [4.78, 5) is 12.7. The van der Waals surface area contributed by atoms with Crippen molar-refractivity contribution < 1.29 is 0 Å². The number of pyridine rings is 1. The first kappa shape index (κ1) is 11.3. The number of nitrogens with two attached hydrogens (primary N) is 1. The molecule has 0 spiro atoms. The van der Waals surface area contributed by atoms with Gasteiger partial charge in [-0.05, 0) is 26.0 Å². The molecule has 0 saturated heterocycles. The molecule has 0 fully saturated rings. The van der Waals surface area contributed by atoms with Crippen molar-refractivity contribution in [1.82, 2.24) is 15.0 Å². The molecule has 2 heterocycles. The van der Waals surface area contributed by atoms with Crippen LogP contribution in [0.25, 0.3) is 0 Å². The van der Waals surface area contributed by atoms with Gasteiger partial charge in [0.25, 0.3) is 0 Å². The van der Waals surface area contributed by atoms with Gasteiger partial charge in [-0.15, -0.1) is 0 Å². The summed E-state index contributed by atoms with van der Waals surface area (Å²) >= 11 is 0. The van der Waals surface area contributed by atoms with Gasteiger partial charge in [0.1, 0.15) is 17.5 Å². The average molecular weight is 229 g/mol. The first-order valence-corrected chi connectivity index (χ1v) is 5.41. The fraction of sp³-hybridized carbons (Fsp3) is 0.250. The van der Waals surface area contributed by atoms with Crippen LogP contribution in [0.1, 0.15) is 17.2 Å². The van der Waals surface area contributed by atoms with E-state index in [1.165, 1.54) is 0 Å². The van der Waals surface area contributed by atoms with E-state index in [1.807, 2.05) is 32.0 Å². The molecule has 0 saturated carbocycles. The van der Waals surface area contributed by atoms with Crippen molar-refractivity contribution in [2.75, 3.05) is 11.1 Å². The third kappa shape index (κ3) is 3.14. The number of anilines is 2. The van der Waals surface area contributed by atoms with Gasteiger partial charge < -0.3 is 11.1 Å². The molecule has 0 aliphatic rings. The second-order valence-corrected chi connectivity index (χ2v) is 3.85. The molecule has 0 aliphatic carbocycles. The standard InChI is InChI=1S/C12H15N5/c1-8-4-3-5-10(15-8)7-14-12-6-11(13)16-9(2)17-12/h3-6H,7H2,1-2H3,(H3,13,14,16,17). The molecule has 2 rings (SSSR count). The van der Waals surface area contributed by atoms with Crippen molar-refractivity contribution in [3.63, 3.8) is 0 Å². The van der Waals surface area contributed by atoms with E-state index >= 15 is 0 Å². The van der Waals surface area contributed by atoms with Gasteiger partial charge in [0.2, 0.25) is 0 Å². The minimum absolute atomic E-state index is 0.470. The molecule has 2 aromatic rings. The maximum Gasteiger partial charge on any atom is 0.132 e. The number of nitrogens with zero attached hydrogens (tertiary/aromatic N) is 3. The smallest absolute Gasteiger partial charge is 0.132 e. The van der Waals surface area contributed by atoms with Gasteiger partial charge in [0.05, 0.1) is 12.2 Å². The summed E-state index contributed by atoms with van der Waals surface area (Å²) in [6, 6.07) is 7.63. The normalized spacial score (nSPS) is 10.2. The van der Waals surface area contributed by atoms with Crippen molar-refractivity contribution in [3.05, 3.63) is 41.5 Å². The zero-order valence-electron chi connectivity index (χ0n) is 9.94. The van der Waals surface area contributed by atoms with Crippen LogP contribution in [0, 0.1) is 13.8 Å². The van der Waals surface area contributed by atoms with Gasteiger partial charge in [-0.1, -0.05) is 6.07 Å². The van der Waals surface area contributed by atoms with Crippen LogP contribution in [0.3, 0.4) is 0 Å². The summed E-state index contributed by atoms with van der Waals surface area (Å²) in [5.74, 6) is 1.85. The van der Waals surface area contributed by atoms with Gasteiger partial charge in [0.15, 0.2) is 0 Å². The highest BCUT2D eigenvalue weighted by Gasteiger charge is 2.00. The van der Waals surface area contributed by atoms with Crippen molar-refractivity contribution in [2.45, 2.75) is 20.4 Å². The highest BCUT2D eigenvalue weighted by Crippen LogP contribution is 2.09. The zero-order valence-corrected chi connectivity index (χ0v) is 9.94. The van der Waals surface area contributed by atoms with Gasteiger partial charge in [-0.2, -0.15) is 0 Å². The summed E-state index contributed by atoms with van der Waals surface area (Å²) in [5, 5.41) is 3.18. The summed E-state index contributed by atoms with van der Waals surface area (Å²) in [6.07, 6.45) is 0. The minimum atomic E-state index is 0.470. The first-order valence-electron chi connectivity index (χ1n) is 5.41. The predicted molar refractivity (Wildman–Crippen MR) is 67.5 cm³/mol. The number of hydrogen-bond donors (Lipinski definition) is 2. The van der Waals surface area contributed by atoms with E-state index in [1.54, 1.807) is 6.07 Å². The highest BCUT2D eigenvalue weighted by atomic mass is 15.0. The molecule has 88 valence electrons. The molecule has 0 radical (unpaired) electrons. The van der Waals surface area contributed by atoms with Crippen molar-refractivity contribution in [1.29, 1.82) is 0 Å². The molecule has 0 amide bonds. The lowest BCUT2D eigenvalue weighted by Gasteiger charge is -2.07. The predicted octanol–water partition coefficient (Wildman–Crippen LogP) is 1.68. The van der Waals surface area contributed by atoms with Crippen molar-refractivity contribution in [2.24, 2.45) is 0 Å². The van der Waals surface area contributed by atoms with Gasteiger partial charge in [0, 0.05) is 11.8 Å². The molecule has 0 unspecified atom stereocenters. The molecule has 17 heavy (non-hydrogen) atoms. The average Bonchev–Trinajstić information content (AvgIpc) is 2.25. The van der Waals surface area contributed by atoms with Crippen LogP contribution < -0.4 is 11.1 Å². The summed E-state index contributed by atoms with van der Waals surface area (Å²) in [7, 11) is 0. The van der Waals surface area contributed by atoms with E-state index in [0.29, 0.717) is 18.2 Å². The molecule has 0 atom stereocenters. The number of nitrogen functional groups attached to an aromatic ring is 1. The Morgan fingerprint density at radius 2 is 2.00 bits per heavy atom. The third-order valence-corrected chi connectivity index (χ3v) is 2.25. The molecule has 3 N–H and O–H groups in total. The second-order valence-electron chi connectivity index (χ2n) is 3.85. The number of aryl methyl sites for hydroxylation is 2. The Morgan fingerprint density at radius 1 is 1.18 bits per heavy atom. The van der Waals surface area contributed by atoms with Crippen molar-refractivity contribution >= 4 is 11.6 Å². The Balaban J connectivity index is 2.07. The van der Waals surface area contributed by atoms with Crippen molar-refractivity contribution in [3.8, 4) is 0 Å². The fourth-order valence-electron chi connectivity index (χ4n) is 1.56. The Morgan fingerprint density at radius 3 is 2.71 bits per heavy atom. The second kappa shape index (κ2) is 4.78. The monoisotopic (exact) mass is 229 g/mol. The van der Waals surface area contributed by atoms with Crippen LogP contribution in [-0.2, 0) is 6.54 Å². The molecular weight excluding hydrogens is 214 g/mol. The molecule has 0 aromatic carbocycles. The minimum Gasteiger partial charge on any atom is -0.384 e. The Bertz CT molecular complexity index is 504. The van der Waals surface area contributed by atoms with E-state index < -0.39 is 0 Å². The number of rotatable bonds is 3. The molecular formula is C12H15N5. The lowest BCUT2D eigenvalue weighted by Crippen LogP contribution is -2.06. The van der Waals surface area contributed by atoms with E-state index in [9.17, 15) is 0 Å². The van der Waals surface area contributed by atoms with Crippen LogP contribution in [0.15, 0.2) is 24.3 Å². The molecule has 5 heteroatoms. The van der Waals surface area contributed by atoms with Crippen LogP contribution >= 0.6 is 0 Å². The maximum absolute atomic E-state index is 5.65. The van der Waals surface area contributed by atoms with Gasteiger partial charge in [-0.25, -0.2) is 9.97 Å². The van der Waals surface area contributed by atoms with Crippen LogP contribution in [0.5, 0.6) is 0 Å². The molecule has 5 nitrogen and oxygen atoms in total. The van der Waals surface area contributed by atoms with Crippen LogP contribution in [0.4, 0.5) is 11.6 Å². The Labute approximate surface area is 100 Å². The number of aromatic nitrogens is 3. The van der Waals surface area contributed by atoms with E-state index in [0.717, 1.165) is 17.2 Å². The molecule has 2 aromatic heterocycles. The Hall–Kier alpha value is -2.17. The quantitative estimate of drug-likeness (QED) is 0.837. The first-order chi connectivity index (χ1) is 8.13. The summed E-state index contributed by atoms with van der Waals surface area (Å²) in [6.45, 7) is 4.40. The maximum atomic E-state index is 5.65. The molecule has 0 aliphatic heterocycles. The summed E-state index contributed by atoms with van der Waals surface area (Å²) < 4.78 is 0. The summed E-state index contributed by atoms with van der Waals surface area (Å²) in [5.41, 5.74) is 7.62. The highest BCUT2D eigenvalue weighted by molar-refractivity contribution is 5.44. The van der Waals surface area contributed by atoms with Crippen LogP contribution in [0.2, 0.25) is 0 Å². The van der Waals surface area contributed by atoms with Crippen LogP contribution in [-0.4, -0.2) is 15.0 Å². The number of nitrogens with one attached hydrogen (secondary N) is 1. The molecule has 0 bridgehead atoms. The van der Waals surface area contributed by atoms with E-state index in [2.05, 4.69) is 20.3 Å². The topological polar surface area (TPSA) is 76.7 Å². The Kier molecular flexibility index (Phi) is 3.18. The van der Waals surface area contributed by atoms with Gasteiger partial charge >= 0.3 is 0 Å². The largest absolute Gasteiger partial charge is 0.384 e. The lowest BCUT2D eigenvalue weighted by molar-refractivity contribution is 0.983. The lowest BCUT2D eigenvalue weighted by atomic mass is 10.3. The zero-order chi connectivity index (χ0) is 12.3. The van der Waals surface area contributed by atoms with E-state index in [-0.39, 0.29) is 0 Å². The fourth-order valence-corrected chi connectivity index (χ4v) is 1.56. The van der Waals surface area contributed by atoms with E-state index in [4.69, 9.17) is 5.73 Å².